The maximum absolute atomic E-state index is 12.5. The predicted molar refractivity (Wildman–Crippen MR) is 85.9 cm³/mol. The molecule has 110 valence electrons. The summed E-state index contributed by atoms with van der Waals surface area (Å²) in [6.07, 6.45) is 1.14. The molecular weight excluding hydrogens is 292 g/mol. The van der Waals surface area contributed by atoms with Gasteiger partial charge in [0.15, 0.2) is 0 Å². The standard InChI is InChI=1S/C15H21ClN2OS/c1-3-11(2)17-6-8-18(9-7-17)15(19)13-10-12(20)4-5-14(13)16/h4-5,10-11,20H,3,6-9H2,1-2H3. The minimum absolute atomic E-state index is 0.00898. The molecule has 0 N–H and O–H groups in total. The van der Waals surface area contributed by atoms with E-state index in [1.54, 1.807) is 18.2 Å². The second kappa shape index (κ2) is 6.83. The van der Waals surface area contributed by atoms with Crippen molar-refractivity contribution in [2.75, 3.05) is 26.2 Å². The van der Waals surface area contributed by atoms with E-state index in [0.29, 0.717) is 16.6 Å². The normalized spacial score (nSPS) is 18.1. The second-order valence-corrected chi connectivity index (χ2v) is 6.17. The maximum Gasteiger partial charge on any atom is 0.255 e. The highest BCUT2D eigenvalue weighted by molar-refractivity contribution is 7.80. The fourth-order valence-corrected chi connectivity index (χ4v) is 2.87. The average molecular weight is 313 g/mol. The number of halogens is 1. The van der Waals surface area contributed by atoms with Crippen LogP contribution in [0.15, 0.2) is 23.1 Å². The first kappa shape index (κ1) is 15.7. The molecule has 0 spiro atoms. The highest BCUT2D eigenvalue weighted by atomic mass is 35.5. The molecule has 1 aliphatic rings. The highest BCUT2D eigenvalue weighted by Crippen LogP contribution is 2.22. The molecule has 1 heterocycles. The first-order valence-electron chi connectivity index (χ1n) is 7.04. The molecule has 1 aromatic rings. The van der Waals surface area contributed by atoms with Crippen molar-refractivity contribution in [1.82, 2.24) is 9.80 Å². The minimum Gasteiger partial charge on any atom is -0.336 e. The van der Waals surface area contributed by atoms with E-state index in [2.05, 4.69) is 31.4 Å². The molecule has 20 heavy (non-hydrogen) atoms. The van der Waals surface area contributed by atoms with Gasteiger partial charge in [0.2, 0.25) is 0 Å². The van der Waals surface area contributed by atoms with Crippen LogP contribution < -0.4 is 0 Å². The molecule has 1 aliphatic heterocycles. The van der Waals surface area contributed by atoms with Crippen molar-refractivity contribution in [2.45, 2.75) is 31.2 Å². The summed E-state index contributed by atoms with van der Waals surface area (Å²) in [5, 5.41) is 0.497. The van der Waals surface area contributed by atoms with Crippen LogP contribution in [0.1, 0.15) is 30.6 Å². The van der Waals surface area contributed by atoms with Gasteiger partial charge in [-0.05, 0) is 31.5 Å². The molecule has 0 radical (unpaired) electrons. The zero-order valence-corrected chi connectivity index (χ0v) is 13.6. The van der Waals surface area contributed by atoms with Crippen molar-refractivity contribution in [2.24, 2.45) is 0 Å². The summed E-state index contributed by atoms with van der Waals surface area (Å²) in [7, 11) is 0. The van der Waals surface area contributed by atoms with Crippen LogP contribution >= 0.6 is 24.2 Å². The molecule has 2 rings (SSSR count). The summed E-state index contributed by atoms with van der Waals surface area (Å²) < 4.78 is 0. The van der Waals surface area contributed by atoms with Crippen LogP contribution in [0.4, 0.5) is 0 Å². The lowest BCUT2D eigenvalue weighted by atomic mass is 10.1. The Kier molecular flexibility index (Phi) is 5.35. The van der Waals surface area contributed by atoms with Crippen molar-refractivity contribution in [3.63, 3.8) is 0 Å². The Morgan fingerprint density at radius 2 is 2.00 bits per heavy atom. The van der Waals surface area contributed by atoms with E-state index in [1.165, 1.54) is 0 Å². The molecule has 1 atom stereocenters. The molecule has 0 aliphatic carbocycles. The molecule has 1 fully saturated rings. The van der Waals surface area contributed by atoms with Crippen molar-refractivity contribution in [3.8, 4) is 0 Å². The number of hydrogen-bond acceptors (Lipinski definition) is 3. The molecule has 1 saturated heterocycles. The molecule has 0 saturated carbocycles. The fraction of sp³-hybridized carbons (Fsp3) is 0.533. The van der Waals surface area contributed by atoms with E-state index in [9.17, 15) is 4.79 Å². The van der Waals surface area contributed by atoms with Gasteiger partial charge >= 0.3 is 0 Å². The lowest BCUT2D eigenvalue weighted by molar-refractivity contribution is 0.0579. The summed E-state index contributed by atoms with van der Waals surface area (Å²) in [6, 6.07) is 5.85. The zero-order valence-electron chi connectivity index (χ0n) is 12.0. The van der Waals surface area contributed by atoms with Crippen LogP contribution in [-0.4, -0.2) is 47.9 Å². The summed E-state index contributed by atoms with van der Waals surface area (Å²) in [4.78, 5) is 17.6. The van der Waals surface area contributed by atoms with Gasteiger partial charge in [-0.15, -0.1) is 12.6 Å². The minimum atomic E-state index is 0.00898. The monoisotopic (exact) mass is 312 g/mol. The van der Waals surface area contributed by atoms with Gasteiger partial charge in [-0.2, -0.15) is 0 Å². The number of benzene rings is 1. The van der Waals surface area contributed by atoms with Crippen molar-refractivity contribution < 1.29 is 4.79 Å². The Morgan fingerprint density at radius 1 is 1.35 bits per heavy atom. The van der Waals surface area contributed by atoms with E-state index < -0.39 is 0 Å². The van der Waals surface area contributed by atoms with Crippen LogP contribution in [0.2, 0.25) is 5.02 Å². The van der Waals surface area contributed by atoms with Gasteiger partial charge in [-0.25, -0.2) is 0 Å². The van der Waals surface area contributed by atoms with E-state index >= 15 is 0 Å². The third-order valence-corrected chi connectivity index (χ3v) is 4.60. The number of rotatable bonds is 3. The quantitative estimate of drug-likeness (QED) is 0.867. The average Bonchev–Trinajstić information content (AvgIpc) is 2.48. The largest absolute Gasteiger partial charge is 0.336 e. The van der Waals surface area contributed by atoms with Gasteiger partial charge in [0.1, 0.15) is 0 Å². The van der Waals surface area contributed by atoms with Crippen molar-refractivity contribution in [3.05, 3.63) is 28.8 Å². The summed E-state index contributed by atoms with van der Waals surface area (Å²) in [5.74, 6) is 0.00898. The first-order valence-corrected chi connectivity index (χ1v) is 7.87. The Labute approximate surface area is 131 Å². The van der Waals surface area contributed by atoms with Gasteiger partial charge in [-0.1, -0.05) is 18.5 Å². The van der Waals surface area contributed by atoms with E-state index in [4.69, 9.17) is 11.6 Å². The SMILES string of the molecule is CCC(C)N1CCN(C(=O)c2cc(S)ccc2Cl)CC1. The number of nitrogens with zero attached hydrogens (tertiary/aromatic N) is 2. The fourth-order valence-electron chi connectivity index (χ4n) is 2.47. The van der Waals surface area contributed by atoms with Crippen LogP contribution in [0.3, 0.4) is 0 Å². The third kappa shape index (κ3) is 3.48. The molecule has 1 unspecified atom stereocenters. The molecule has 3 nitrogen and oxygen atoms in total. The van der Waals surface area contributed by atoms with Gasteiger partial charge in [0.05, 0.1) is 10.6 Å². The lowest BCUT2D eigenvalue weighted by Crippen LogP contribution is -2.51. The Morgan fingerprint density at radius 3 is 2.60 bits per heavy atom. The van der Waals surface area contributed by atoms with Gasteiger partial charge in [0.25, 0.3) is 5.91 Å². The van der Waals surface area contributed by atoms with Gasteiger partial charge in [0, 0.05) is 37.1 Å². The highest BCUT2D eigenvalue weighted by Gasteiger charge is 2.25. The second-order valence-electron chi connectivity index (χ2n) is 5.25. The van der Waals surface area contributed by atoms with Crippen LogP contribution in [0.25, 0.3) is 0 Å². The number of carbonyl (C=O) groups is 1. The van der Waals surface area contributed by atoms with Crippen molar-refractivity contribution in [1.29, 1.82) is 0 Å². The molecule has 0 bridgehead atoms. The van der Waals surface area contributed by atoms with Gasteiger partial charge < -0.3 is 4.90 Å². The first-order chi connectivity index (χ1) is 9.52. The number of thiol groups is 1. The number of piperazine rings is 1. The molecule has 5 heteroatoms. The number of amides is 1. The summed E-state index contributed by atoms with van der Waals surface area (Å²) >= 11 is 10.4. The van der Waals surface area contributed by atoms with Crippen molar-refractivity contribution >= 4 is 30.1 Å². The van der Waals surface area contributed by atoms with E-state index in [0.717, 1.165) is 37.5 Å². The molecule has 0 aromatic heterocycles. The Hall–Kier alpha value is -0.710. The summed E-state index contributed by atoms with van der Waals surface area (Å²) in [6.45, 7) is 7.81. The Bertz CT molecular complexity index is 487. The van der Waals surface area contributed by atoms with Crippen LogP contribution in [0.5, 0.6) is 0 Å². The Balaban J connectivity index is 2.03. The van der Waals surface area contributed by atoms with Crippen LogP contribution in [0, 0.1) is 0 Å². The zero-order chi connectivity index (χ0) is 14.7. The summed E-state index contributed by atoms with van der Waals surface area (Å²) in [5.41, 5.74) is 0.552. The van der Waals surface area contributed by atoms with E-state index in [-0.39, 0.29) is 5.91 Å². The van der Waals surface area contributed by atoms with E-state index in [1.807, 2.05) is 4.90 Å². The van der Waals surface area contributed by atoms with Gasteiger partial charge in [-0.3, -0.25) is 9.69 Å². The molecular formula is C15H21ClN2OS. The van der Waals surface area contributed by atoms with Crippen LogP contribution in [-0.2, 0) is 0 Å². The lowest BCUT2D eigenvalue weighted by Gasteiger charge is -2.38. The third-order valence-electron chi connectivity index (χ3n) is 4.00. The smallest absolute Gasteiger partial charge is 0.255 e. The number of hydrogen-bond donors (Lipinski definition) is 1. The molecule has 1 amide bonds. The number of carbonyl (C=O) groups excluding carboxylic acids is 1. The predicted octanol–water partition coefficient (Wildman–Crippen LogP) is 3.19. The topological polar surface area (TPSA) is 23.6 Å². The molecule has 1 aromatic carbocycles. The maximum atomic E-state index is 12.5.